The van der Waals surface area contributed by atoms with Crippen LogP contribution < -0.4 is 0 Å². The predicted molar refractivity (Wildman–Crippen MR) is 48.0 cm³/mol. The molecule has 0 unspecified atom stereocenters. The largest absolute Gasteiger partial charge is 0.0820 e. The number of allylic oxidation sites excluding steroid dienone is 4. The summed E-state index contributed by atoms with van der Waals surface area (Å²) in [5.74, 6) is 1.33. The predicted octanol–water partition coefficient (Wildman–Crippen LogP) is 3.41. The Hall–Kier alpha value is -0.520. The Morgan fingerprint density at radius 3 is 1.20 bits per heavy atom. The summed E-state index contributed by atoms with van der Waals surface area (Å²) in [6.07, 6.45) is 8.62. The van der Waals surface area contributed by atoms with Crippen molar-refractivity contribution >= 4 is 0 Å². The lowest BCUT2D eigenvalue weighted by Gasteiger charge is -1.91. The van der Waals surface area contributed by atoms with Gasteiger partial charge in [0.1, 0.15) is 0 Å². The molecule has 0 atom stereocenters. The topological polar surface area (TPSA) is 0 Å². The van der Waals surface area contributed by atoms with Gasteiger partial charge in [0.05, 0.1) is 0 Å². The zero-order valence-electron chi connectivity index (χ0n) is 7.46. The first-order valence-corrected chi connectivity index (χ1v) is 3.98. The van der Waals surface area contributed by atoms with Crippen LogP contribution >= 0.6 is 0 Å². The van der Waals surface area contributed by atoms with Crippen LogP contribution in [0.1, 0.15) is 27.7 Å². The van der Waals surface area contributed by atoms with Gasteiger partial charge in [0.25, 0.3) is 0 Å². The molecule has 0 aliphatic rings. The van der Waals surface area contributed by atoms with Crippen molar-refractivity contribution in [2.24, 2.45) is 11.8 Å². The molecule has 0 aromatic rings. The van der Waals surface area contributed by atoms with Crippen LogP contribution in [0.2, 0.25) is 0 Å². The molecule has 0 aliphatic carbocycles. The van der Waals surface area contributed by atoms with Gasteiger partial charge in [0, 0.05) is 0 Å². The lowest BCUT2D eigenvalue weighted by Crippen LogP contribution is -1.77. The molecule has 0 radical (unpaired) electrons. The van der Waals surface area contributed by atoms with Gasteiger partial charge in [-0.3, -0.25) is 0 Å². The molecular weight excluding hydrogens is 120 g/mol. The molecule has 0 saturated carbocycles. The van der Waals surface area contributed by atoms with Crippen molar-refractivity contribution in [3.8, 4) is 0 Å². The molecule has 0 aliphatic heterocycles. The molecule has 0 fully saturated rings. The number of rotatable bonds is 3. The third-order valence-electron chi connectivity index (χ3n) is 1.10. The van der Waals surface area contributed by atoms with Crippen molar-refractivity contribution in [2.45, 2.75) is 27.7 Å². The van der Waals surface area contributed by atoms with Gasteiger partial charge >= 0.3 is 0 Å². The highest BCUT2D eigenvalue weighted by atomic mass is 13.9. The first-order valence-electron chi connectivity index (χ1n) is 3.98. The molecule has 10 heavy (non-hydrogen) atoms. The molecule has 58 valence electrons. The Bertz CT molecular complexity index is 100. The van der Waals surface area contributed by atoms with E-state index in [-0.39, 0.29) is 0 Å². The fourth-order valence-corrected chi connectivity index (χ4v) is 0.573. The molecular formula is C10H18. The van der Waals surface area contributed by atoms with Crippen LogP contribution in [0.4, 0.5) is 0 Å². The van der Waals surface area contributed by atoms with Crippen molar-refractivity contribution in [1.29, 1.82) is 0 Å². The summed E-state index contributed by atoms with van der Waals surface area (Å²) in [5, 5.41) is 0. The summed E-state index contributed by atoms with van der Waals surface area (Å²) < 4.78 is 0. The van der Waals surface area contributed by atoms with Crippen molar-refractivity contribution in [3.05, 3.63) is 24.3 Å². The Labute approximate surface area is 64.6 Å². The lowest BCUT2D eigenvalue weighted by molar-refractivity contribution is 0.825. The summed E-state index contributed by atoms with van der Waals surface area (Å²) in [6.45, 7) is 8.72. The van der Waals surface area contributed by atoms with Crippen molar-refractivity contribution < 1.29 is 0 Å². The first kappa shape index (κ1) is 9.48. The smallest absolute Gasteiger partial charge is 0.0287 e. The lowest BCUT2D eigenvalue weighted by atomic mass is 10.2. The van der Waals surface area contributed by atoms with Gasteiger partial charge in [-0.2, -0.15) is 0 Å². The highest BCUT2D eigenvalue weighted by molar-refractivity contribution is 5.04. The molecule has 0 N–H and O–H groups in total. The molecule has 0 rings (SSSR count). The molecule has 0 aromatic heterocycles. The Balaban J connectivity index is 3.52. The van der Waals surface area contributed by atoms with E-state index in [9.17, 15) is 0 Å². The normalized spacial score (nSPS) is 13.0. The summed E-state index contributed by atoms with van der Waals surface area (Å²) >= 11 is 0. The fourth-order valence-electron chi connectivity index (χ4n) is 0.573. The standard InChI is InChI=1S/C10H18/c1-9(2)7-5-6-8-10(3)4/h5-10H,1-4H3/b7-5-,8-6+. The van der Waals surface area contributed by atoms with E-state index in [2.05, 4.69) is 52.0 Å². The van der Waals surface area contributed by atoms with Gasteiger partial charge < -0.3 is 0 Å². The van der Waals surface area contributed by atoms with E-state index >= 15 is 0 Å². The third kappa shape index (κ3) is 7.48. The van der Waals surface area contributed by atoms with Gasteiger partial charge in [-0.15, -0.1) is 0 Å². The van der Waals surface area contributed by atoms with Crippen LogP contribution in [0.5, 0.6) is 0 Å². The zero-order chi connectivity index (χ0) is 7.98. The van der Waals surface area contributed by atoms with E-state index in [0.29, 0.717) is 11.8 Å². The minimum Gasteiger partial charge on any atom is -0.0820 e. The maximum absolute atomic E-state index is 2.19. The minimum absolute atomic E-state index is 0.664. The fraction of sp³-hybridized carbons (Fsp3) is 0.600. The van der Waals surface area contributed by atoms with Crippen LogP contribution in [-0.4, -0.2) is 0 Å². The molecule has 0 aromatic carbocycles. The Kier molecular flexibility index (Phi) is 5.00. The molecule has 0 bridgehead atoms. The van der Waals surface area contributed by atoms with Crippen molar-refractivity contribution in [1.82, 2.24) is 0 Å². The van der Waals surface area contributed by atoms with E-state index in [1.165, 1.54) is 0 Å². The van der Waals surface area contributed by atoms with Crippen LogP contribution in [0.25, 0.3) is 0 Å². The van der Waals surface area contributed by atoms with Crippen LogP contribution in [0.3, 0.4) is 0 Å². The molecule has 0 heterocycles. The second kappa shape index (κ2) is 5.28. The zero-order valence-corrected chi connectivity index (χ0v) is 7.46. The van der Waals surface area contributed by atoms with E-state index in [0.717, 1.165) is 0 Å². The minimum atomic E-state index is 0.664. The molecule has 0 spiro atoms. The van der Waals surface area contributed by atoms with E-state index in [4.69, 9.17) is 0 Å². The summed E-state index contributed by atoms with van der Waals surface area (Å²) in [6, 6.07) is 0. The summed E-state index contributed by atoms with van der Waals surface area (Å²) in [5.41, 5.74) is 0. The highest BCUT2D eigenvalue weighted by Crippen LogP contribution is 1.96. The monoisotopic (exact) mass is 138 g/mol. The van der Waals surface area contributed by atoms with Gasteiger partial charge in [-0.05, 0) is 11.8 Å². The molecule has 0 saturated heterocycles. The maximum Gasteiger partial charge on any atom is -0.0287 e. The van der Waals surface area contributed by atoms with Crippen molar-refractivity contribution in [3.63, 3.8) is 0 Å². The average molecular weight is 138 g/mol. The quantitative estimate of drug-likeness (QED) is 0.524. The highest BCUT2D eigenvalue weighted by Gasteiger charge is 1.81. The van der Waals surface area contributed by atoms with Gasteiger partial charge in [0.2, 0.25) is 0 Å². The second-order valence-corrected chi connectivity index (χ2v) is 3.26. The molecule has 0 heteroatoms. The van der Waals surface area contributed by atoms with Crippen LogP contribution in [-0.2, 0) is 0 Å². The Morgan fingerprint density at radius 1 is 0.700 bits per heavy atom. The maximum atomic E-state index is 2.19. The van der Waals surface area contributed by atoms with Crippen molar-refractivity contribution in [2.75, 3.05) is 0 Å². The summed E-state index contributed by atoms with van der Waals surface area (Å²) in [7, 11) is 0. The molecule has 0 nitrogen and oxygen atoms in total. The number of hydrogen-bond donors (Lipinski definition) is 0. The first-order chi connectivity index (χ1) is 4.63. The van der Waals surface area contributed by atoms with Gasteiger partial charge in [0.15, 0.2) is 0 Å². The molecule has 0 amide bonds. The SMILES string of the molecule is CC(C)/C=C\C=C\C(C)C. The van der Waals surface area contributed by atoms with E-state index in [1.807, 2.05) is 0 Å². The van der Waals surface area contributed by atoms with Crippen LogP contribution in [0, 0.1) is 11.8 Å². The average Bonchev–Trinajstić information content (AvgIpc) is 1.79. The summed E-state index contributed by atoms with van der Waals surface area (Å²) in [4.78, 5) is 0. The van der Waals surface area contributed by atoms with E-state index in [1.54, 1.807) is 0 Å². The second-order valence-electron chi connectivity index (χ2n) is 3.26. The van der Waals surface area contributed by atoms with Crippen LogP contribution in [0.15, 0.2) is 24.3 Å². The van der Waals surface area contributed by atoms with Gasteiger partial charge in [-0.1, -0.05) is 52.0 Å². The third-order valence-corrected chi connectivity index (χ3v) is 1.10. The van der Waals surface area contributed by atoms with E-state index < -0.39 is 0 Å². The number of hydrogen-bond acceptors (Lipinski definition) is 0. The van der Waals surface area contributed by atoms with Gasteiger partial charge in [-0.25, -0.2) is 0 Å². The Morgan fingerprint density at radius 2 is 1.00 bits per heavy atom.